The summed E-state index contributed by atoms with van der Waals surface area (Å²) < 4.78 is 0. The molecule has 5 N–H and O–H groups in total. The van der Waals surface area contributed by atoms with Crippen LogP contribution in [0.1, 0.15) is 5.56 Å². The lowest BCUT2D eigenvalue weighted by Gasteiger charge is -2.08. The summed E-state index contributed by atoms with van der Waals surface area (Å²) >= 11 is 0. The number of anilines is 1. The third-order valence-corrected chi connectivity index (χ3v) is 2.97. The maximum atomic E-state index is 5.84. The van der Waals surface area contributed by atoms with Crippen molar-refractivity contribution in [1.82, 2.24) is 4.98 Å². The van der Waals surface area contributed by atoms with Crippen LogP contribution in [0, 0.1) is 0 Å². The predicted molar refractivity (Wildman–Crippen MR) is 81.0 cm³/mol. The first-order chi connectivity index (χ1) is 9.19. The molecule has 1 aromatic heterocycles. The molecule has 0 fully saturated rings. The van der Waals surface area contributed by atoms with Crippen molar-refractivity contribution in [3.05, 3.63) is 42.2 Å². The minimum atomic E-state index is 0.421. The van der Waals surface area contributed by atoms with Crippen molar-refractivity contribution in [2.75, 3.05) is 19.4 Å². The maximum absolute atomic E-state index is 5.84. The van der Waals surface area contributed by atoms with E-state index in [2.05, 4.69) is 15.3 Å². The number of pyridine rings is 1. The van der Waals surface area contributed by atoms with Crippen LogP contribution in [0.25, 0.3) is 16.3 Å². The van der Waals surface area contributed by atoms with Gasteiger partial charge < -0.3 is 16.8 Å². The third-order valence-electron chi connectivity index (χ3n) is 2.97. The van der Waals surface area contributed by atoms with Crippen LogP contribution in [0.3, 0.4) is 0 Å². The Labute approximate surface area is 112 Å². The van der Waals surface area contributed by atoms with Crippen molar-refractivity contribution in [3.63, 3.8) is 0 Å². The van der Waals surface area contributed by atoms with E-state index in [-0.39, 0.29) is 0 Å². The molecule has 0 atom stereocenters. The van der Waals surface area contributed by atoms with Gasteiger partial charge in [0.15, 0.2) is 0 Å². The SMILES string of the molecule is CN=C(N)/C(=C\N)c1ccc2cnc(NC)cc2c1. The number of hydrogen-bond donors (Lipinski definition) is 3. The summed E-state index contributed by atoms with van der Waals surface area (Å²) in [5, 5.41) is 5.15. The van der Waals surface area contributed by atoms with Crippen molar-refractivity contribution >= 4 is 28.0 Å². The van der Waals surface area contributed by atoms with Gasteiger partial charge in [-0.15, -0.1) is 0 Å². The Morgan fingerprint density at radius 1 is 1.32 bits per heavy atom. The number of fused-ring (bicyclic) bond motifs is 1. The van der Waals surface area contributed by atoms with Gasteiger partial charge in [-0.3, -0.25) is 4.99 Å². The van der Waals surface area contributed by atoms with Gasteiger partial charge in [-0.2, -0.15) is 0 Å². The van der Waals surface area contributed by atoms with Gasteiger partial charge in [-0.1, -0.05) is 12.1 Å². The first-order valence-electron chi connectivity index (χ1n) is 5.92. The number of amidine groups is 1. The molecule has 0 saturated carbocycles. The van der Waals surface area contributed by atoms with Gasteiger partial charge in [0.25, 0.3) is 0 Å². The molecule has 0 saturated heterocycles. The Balaban J connectivity index is 2.57. The van der Waals surface area contributed by atoms with E-state index in [0.717, 1.165) is 27.7 Å². The zero-order chi connectivity index (χ0) is 13.8. The van der Waals surface area contributed by atoms with Crippen LogP contribution in [-0.2, 0) is 0 Å². The van der Waals surface area contributed by atoms with E-state index in [0.29, 0.717) is 5.84 Å². The van der Waals surface area contributed by atoms with Crippen LogP contribution in [0.15, 0.2) is 41.7 Å². The molecule has 0 unspecified atom stereocenters. The van der Waals surface area contributed by atoms with Crippen molar-refractivity contribution in [1.29, 1.82) is 0 Å². The predicted octanol–water partition coefficient (Wildman–Crippen LogP) is 1.56. The number of nitrogens with two attached hydrogens (primary N) is 2. The van der Waals surface area contributed by atoms with Gasteiger partial charge >= 0.3 is 0 Å². The van der Waals surface area contributed by atoms with Crippen LogP contribution >= 0.6 is 0 Å². The lowest BCUT2D eigenvalue weighted by Crippen LogP contribution is -2.15. The van der Waals surface area contributed by atoms with E-state index in [1.165, 1.54) is 6.20 Å². The minimum Gasteiger partial charge on any atom is -0.404 e. The monoisotopic (exact) mass is 255 g/mol. The van der Waals surface area contributed by atoms with Crippen molar-refractivity contribution < 1.29 is 0 Å². The second-order valence-electron chi connectivity index (χ2n) is 4.07. The van der Waals surface area contributed by atoms with Crippen molar-refractivity contribution in [3.8, 4) is 0 Å². The Morgan fingerprint density at radius 3 is 2.74 bits per heavy atom. The van der Waals surface area contributed by atoms with Crippen molar-refractivity contribution in [2.24, 2.45) is 16.5 Å². The molecule has 1 aromatic carbocycles. The van der Waals surface area contributed by atoms with Crippen LogP contribution in [0.5, 0.6) is 0 Å². The average Bonchev–Trinajstić information content (AvgIpc) is 2.46. The molecule has 5 heteroatoms. The van der Waals surface area contributed by atoms with Crippen LogP contribution in [-0.4, -0.2) is 24.9 Å². The highest BCUT2D eigenvalue weighted by molar-refractivity contribution is 6.22. The molecule has 1 heterocycles. The highest BCUT2D eigenvalue weighted by atomic mass is 14.9. The van der Waals surface area contributed by atoms with E-state index in [9.17, 15) is 0 Å². The summed E-state index contributed by atoms with van der Waals surface area (Å²) in [7, 11) is 3.48. The first-order valence-corrected chi connectivity index (χ1v) is 5.92. The standard InChI is InChI=1S/C14H17N5/c1-17-13-6-11-5-9(3-4-10(11)8-19-13)12(7-15)14(16)18-2/h3-8H,15H2,1-2H3,(H2,16,18)(H,17,19)/b12-7-. The van der Waals surface area contributed by atoms with Crippen LogP contribution in [0.2, 0.25) is 0 Å². The molecule has 0 amide bonds. The van der Waals surface area contributed by atoms with E-state index in [1.807, 2.05) is 37.5 Å². The van der Waals surface area contributed by atoms with E-state index in [1.54, 1.807) is 7.05 Å². The zero-order valence-electron chi connectivity index (χ0n) is 11.0. The molecule has 0 aliphatic rings. The smallest absolute Gasteiger partial charge is 0.127 e. The molecular formula is C14H17N5. The normalized spacial score (nSPS) is 12.7. The quantitative estimate of drug-likeness (QED) is 0.573. The molecule has 0 radical (unpaired) electrons. The van der Waals surface area contributed by atoms with Gasteiger partial charge in [0.2, 0.25) is 0 Å². The number of hydrogen-bond acceptors (Lipinski definition) is 4. The van der Waals surface area contributed by atoms with E-state index >= 15 is 0 Å². The zero-order valence-corrected chi connectivity index (χ0v) is 11.0. The number of benzene rings is 1. The van der Waals surface area contributed by atoms with Crippen LogP contribution < -0.4 is 16.8 Å². The largest absolute Gasteiger partial charge is 0.404 e. The first kappa shape index (κ1) is 12.9. The summed E-state index contributed by atoms with van der Waals surface area (Å²) in [6.45, 7) is 0. The number of nitrogens with zero attached hydrogens (tertiary/aromatic N) is 2. The fourth-order valence-electron chi connectivity index (χ4n) is 1.90. The second kappa shape index (κ2) is 5.39. The van der Waals surface area contributed by atoms with Gasteiger partial charge in [-0.25, -0.2) is 4.98 Å². The molecule has 0 aliphatic heterocycles. The maximum Gasteiger partial charge on any atom is 0.127 e. The van der Waals surface area contributed by atoms with Gasteiger partial charge in [0.1, 0.15) is 11.7 Å². The number of aliphatic imine (C=N–C) groups is 1. The lowest BCUT2D eigenvalue weighted by molar-refractivity contribution is 1.31. The molecule has 98 valence electrons. The second-order valence-corrected chi connectivity index (χ2v) is 4.07. The lowest BCUT2D eigenvalue weighted by atomic mass is 10.0. The molecule has 2 rings (SSSR count). The number of rotatable bonds is 3. The summed E-state index contributed by atoms with van der Waals surface area (Å²) in [6.07, 6.45) is 3.30. The Morgan fingerprint density at radius 2 is 2.11 bits per heavy atom. The van der Waals surface area contributed by atoms with Gasteiger partial charge in [-0.05, 0) is 23.1 Å². The Hall–Kier alpha value is -2.56. The fraction of sp³-hybridized carbons (Fsp3) is 0.143. The fourth-order valence-corrected chi connectivity index (χ4v) is 1.90. The van der Waals surface area contributed by atoms with E-state index in [4.69, 9.17) is 11.5 Å². The van der Waals surface area contributed by atoms with Crippen molar-refractivity contribution in [2.45, 2.75) is 0 Å². The molecule has 5 nitrogen and oxygen atoms in total. The number of aromatic nitrogens is 1. The van der Waals surface area contributed by atoms with Gasteiger partial charge in [0, 0.05) is 37.5 Å². The highest BCUT2D eigenvalue weighted by Crippen LogP contribution is 2.22. The molecular weight excluding hydrogens is 238 g/mol. The molecule has 0 aliphatic carbocycles. The molecule has 0 spiro atoms. The molecule has 2 aromatic rings. The van der Waals surface area contributed by atoms with Gasteiger partial charge in [0.05, 0.1) is 0 Å². The van der Waals surface area contributed by atoms with Crippen LogP contribution in [0.4, 0.5) is 5.82 Å². The Kier molecular flexibility index (Phi) is 3.66. The van der Waals surface area contributed by atoms with E-state index < -0.39 is 0 Å². The average molecular weight is 255 g/mol. The summed E-state index contributed by atoms with van der Waals surface area (Å²) in [5.41, 5.74) is 13.1. The summed E-state index contributed by atoms with van der Waals surface area (Å²) in [4.78, 5) is 8.24. The minimum absolute atomic E-state index is 0.421. The highest BCUT2D eigenvalue weighted by Gasteiger charge is 2.06. The summed E-state index contributed by atoms with van der Waals surface area (Å²) in [6, 6.07) is 7.95. The number of nitrogens with one attached hydrogen (secondary N) is 1. The summed E-state index contributed by atoms with van der Waals surface area (Å²) in [5.74, 6) is 1.24. The topological polar surface area (TPSA) is 89.3 Å². The third kappa shape index (κ3) is 2.49. The Bertz CT molecular complexity index is 658. The molecule has 0 bridgehead atoms. The molecule has 19 heavy (non-hydrogen) atoms.